The molecule has 0 fully saturated rings. The summed E-state index contributed by atoms with van der Waals surface area (Å²) >= 11 is 11.7. The molecule has 3 rings (SSSR count). The second-order valence-electron chi connectivity index (χ2n) is 4.09. The number of aromatic nitrogens is 1. The van der Waals surface area contributed by atoms with Crippen molar-refractivity contribution < 1.29 is 4.52 Å². The zero-order valence-corrected chi connectivity index (χ0v) is 11.3. The highest BCUT2D eigenvalue weighted by Crippen LogP contribution is 2.27. The van der Waals surface area contributed by atoms with Crippen molar-refractivity contribution in [1.29, 1.82) is 0 Å². The summed E-state index contributed by atoms with van der Waals surface area (Å²) in [7, 11) is 0. The quantitative estimate of drug-likeness (QED) is 0.638. The van der Waals surface area contributed by atoms with Gasteiger partial charge in [-0.3, -0.25) is 0 Å². The Kier molecular flexibility index (Phi) is 3.28. The third-order valence-corrected chi connectivity index (χ3v) is 3.28. The smallest absolute Gasteiger partial charge is 0.167 e. The molecule has 0 N–H and O–H groups in total. The standard InChI is InChI=1S/C15H9Cl2NO/c16-12-5-1-10(2-6-12)14-9-15(19-18-14)11-3-7-13(17)8-4-11/h1-9H. The van der Waals surface area contributed by atoms with Gasteiger partial charge < -0.3 is 4.52 Å². The van der Waals surface area contributed by atoms with Crippen LogP contribution < -0.4 is 0 Å². The summed E-state index contributed by atoms with van der Waals surface area (Å²) in [6, 6.07) is 16.8. The molecule has 1 heterocycles. The van der Waals surface area contributed by atoms with Crippen molar-refractivity contribution >= 4 is 23.2 Å². The monoisotopic (exact) mass is 289 g/mol. The van der Waals surface area contributed by atoms with Gasteiger partial charge in [-0.1, -0.05) is 40.5 Å². The van der Waals surface area contributed by atoms with E-state index >= 15 is 0 Å². The summed E-state index contributed by atoms with van der Waals surface area (Å²) in [4.78, 5) is 0. The highest BCUT2D eigenvalue weighted by Gasteiger charge is 2.08. The maximum Gasteiger partial charge on any atom is 0.167 e. The third kappa shape index (κ3) is 2.65. The van der Waals surface area contributed by atoms with Gasteiger partial charge in [-0.2, -0.15) is 0 Å². The van der Waals surface area contributed by atoms with Gasteiger partial charge >= 0.3 is 0 Å². The molecule has 0 amide bonds. The van der Waals surface area contributed by atoms with Crippen LogP contribution in [0.3, 0.4) is 0 Å². The fourth-order valence-electron chi connectivity index (χ4n) is 1.78. The van der Waals surface area contributed by atoms with Gasteiger partial charge in [0, 0.05) is 27.2 Å². The normalized spacial score (nSPS) is 10.6. The fourth-order valence-corrected chi connectivity index (χ4v) is 2.03. The van der Waals surface area contributed by atoms with Crippen LogP contribution in [0.5, 0.6) is 0 Å². The summed E-state index contributed by atoms with van der Waals surface area (Å²) in [5.41, 5.74) is 2.69. The van der Waals surface area contributed by atoms with Crippen molar-refractivity contribution in [3.63, 3.8) is 0 Å². The summed E-state index contributed by atoms with van der Waals surface area (Å²) in [6.07, 6.45) is 0. The molecule has 3 aromatic rings. The van der Waals surface area contributed by atoms with Crippen molar-refractivity contribution in [2.24, 2.45) is 0 Å². The Balaban J connectivity index is 1.95. The number of hydrogen-bond donors (Lipinski definition) is 0. The predicted octanol–water partition coefficient (Wildman–Crippen LogP) is 5.32. The van der Waals surface area contributed by atoms with Crippen molar-refractivity contribution in [2.45, 2.75) is 0 Å². The van der Waals surface area contributed by atoms with E-state index in [2.05, 4.69) is 5.16 Å². The van der Waals surface area contributed by atoms with E-state index in [0.717, 1.165) is 16.8 Å². The number of halogens is 2. The molecule has 0 bridgehead atoms. The van der Waals surface area contributed by atoms with E-state index in [1.54, 1.807) is 0 Å². The van der Waals surface area contributed by atoms with Crippen LogP contribution in [-0.2, 0) is 0 Å². The van der Waals surface area contributed by atoms with Crippen molar-refractivity contribution in [3.8, 4) is 22.6 Å². The Hall–Kier alpha value is -1.77. The molecule has 0 aliphatic rings. The van der Waals surface area contributed by atoms with Crippen LogP contribution in [0.25, 0.3) is 22.6 Å². The molecular formula is C15H9Cl2NO. The average molecular weight is 290 g/mol. The maximum atomic E-state index is 5.86. The molecule has 0 unspecified atom stereocenters. The summed E-state index contributed by atoms with van der Waals surface area (Å²) < 4.78 is 5.35. The van der Waals surface area contributed by atoms with E-state index in [4.69, 9.17) is 27.7 Å². The van der Waals surface area contributed by atoms with Crippen LogP contribution >= 0.6 is 23.2 Å². The molecule has 0 radical (unpaired) electrons. The minimum Gasteiger partial charge on any atom is -0.356 e. The number of hydrogen-bond acceptors (Lipinski definition) is 2. The van der Waals surface area contributed by atoms with Crippen LogP contribution in [0.2, 0.25) is 10.0 Å². The number of nitrogens with zero attached hydrogens (tertiary/aromatic N) is 1. The lowest BCUT2D eigenvalue weighted by Crippen LogP contribution is -1.75. The van der Waals surface area contributed by atoms with Crippen LogP contribution in [0.15, 0.2) is 59.1 Å². The molecule has 1 aromatic heterocycles. The van der Waals surface area contributed by atoms with E-state index in [-0.39, 0.29) is 0 Å². The van der Waals surface area contributed by atoms with Gasteiger partial charge in [0.2, 0.25) is 0 Å². The largest absolute Gasteiger partial charge is 0.356 e. The van der Waals surface area contributed by atoms with Gasteiger partial charge in [-0.05, 0) is 36.4 Å². The van der Waals surface area contributed by atoms with Gasteiger partial charge in [0.25, 0.3) is 0 Å². The highest BCUT2D eigenvalue weighted by molar-refractivity contribution is 6.30. The van der Waals surface area contributed by atoms with E-state index in [1.807, 2.05) is 54.6 Å². The van der Waals surface area contributed by atoms with Gasteiger partial charge in [0.05, 0.1) is 0 Å². The van der Waals surface area contributed by atoms with Crippen LogP contribution in [-0.4, -0.2) is 5.16 Å². The van der Waals surface area contributed by atoms with Crippen molar-refractivity contribution in [1.82, 2.24) is 5.16 Å². The Morgan fingerprint density at radius 1 is 0.737 bits per heavy atom. The Bertz CT molecular complexity index is 627. The summed E-state index contributed by atoms with van der Waals surface area (Å²) in [5.74, 6) is 0.710. The predicted molar refractivity (Wildman–Crippen MR) is 77.4 cm³/mol. The number of rotatable bonds is 2. The van der Waals surface area contributed by atoms with E-state index < -0.39 is 0 Å². The second-order valence-corrected chi connectivity index (χ2v) is 4.96. The van der Waals surface area contributed by atoms with E-state index in [0.29, 0.717) is 15.8 Å². The summed E-state index contributed by atoms with van der Waals surface area (Å²) in [5, 5.41) is 5.46. The lowest BCUT2D eigenvalue weighted by atomic mass is 10.1. The molecule has 0 atom stereocenters. The first kappa shape index (κ1) is 12.3. The molecule has 4 heteroatoms. The minimum atomic E-state index is 0.696. The van der Waals surface area contributed by atoms with Crippen LogP contribution in [0.4, 0.5) is 0 Å². The molecule has 0 saturated carbocycles. The van der Waals surface area contributed by atoms with E-state index in [1.165, 1.54) is 0 Å². The average Bonchev–Trinajstić information content (AvgIpc) is 2.90. The minimum absolute atomic E-state index is 0.696. The third-order valence-electron chi connectivity index (χ3n) is 2.78. The van der Waals surface area contributed by atoms with Gasteiger partial charge in [-0.15, -0.1) is 0 Å². The van der Waals surface area contributed by atoms with Gasteiger partial charge in [-0.25, -0.2) is 0 Å². The van der Waals surface area contributed by atoms with Crippen molar-refractivity contribution in [2.75, 3.05) is 0 Å². The SMILES string of the molecule is Clc1ccc(-c2cc(-c3ccc(Cl)cc3)on2)cc1. The molecule has 19 heavy (non-hydrogen) atoms. The first-order valence-corrected chi connectivity index (χ1v) is 6.46. The van der Waals surface area contributed by atoms with Gasteiger partial charge in [0.15, 0.2) is 5.76 Å². The first-order valence-electron chi connectivity index (χ1n) is 5.71. The first-order chi connectivity index (χ1) is 9.22. The Morgan fingerprint density at radius 2 is 1.26 bits per heavy atom. The van der Waals surface area contributed by atoms with Crippen LogP contribution in [0.1, 0.15) is 0 Å². The second kappa shape index (κ2) is 5.08. The van der Waals surface area contributed by atoms with Crippen molar-refractivity contribution in [3.05, 3.63) is 64.6 Å². The molecule has 94 valence electrons. The summed E-state index contributed by atoms with van der Waals surface area (Å²) in [6.45, 7) is 0. The molecule has 2 aromatic carbocycles. The Labute approximate surface area is 120 Å². The molecule has 0 aliphatic carbocycles. The topological polar surface area (TPSA) is 26.0 Å². The van der Waals surface area contributed by atoms with E-state index in [9.17, 15) is 0 Å². The zero-order valence-electron chi connectivity index (χ0n) is 9.81. The Morgan fingerprint density at radius 3 is 1.84 bits per heavy atom. The highest BCUT2D eigenvalue weighted by atomic mass is 35.5. The lowest BCUT2D eigenvalue weighted by molar-refractivity contribution is 0.435. The molecule has 0 aliphatic heterocycles. The lowest BCUT2D eigenvalue weighted by Gasteiger charge is -1.95. The molecule has 0 spiro atoms. The molecule has 0 saturated heterocycles. The molecule has 2 nitrogen and oxygen atoms in total. The molecular weight excluding hydrogens is 281 g/mol. The van der Waals surface area contributed by atoms with Gasteiger partial charge in [0.1, 0.15) is 5.69 Å². The maximum absolute atomic E-state index is 5.86. The zero-order chi connectivity index (χ0) is 13.2. The number of benzene rings is 2. The van der Waals surface area contributed by atoms with Crippen LogP contribution in [0, 0.1) is 0 Å². The fraction of sp³-hybridized carbons (Fsp3) is 0.